The lowest BCUT2D eigenvalue weighted by Crippen LogP contribution is -2.35. The summed E-state index contributed by atoms with van der Waals surface area (Å²) in [6, 6.07) is 14.2. The van der Waals surface area contributed by atoms with Crippen LogP contribution in [0.4, 0.5) is 0 Å². The summed E-state index contributed by atoms with van der Waals surface area (Å²) in [4.78, 5) is 36.6. The Kier molecular flexibility index (Phi) is 4.92. The first kappa shape index (κ1) is 18.0. The molecule has 8 nitrogen and oxygen atoms in total. The normalized spacial score (nSPS) is 13.4. The average Bonchev–Trinajstić information content (AvgIpc) is 3.49. The van der Waals surface area contributed by atoms with E-state index in [9.17, 15) is 14.4 Å². The standard InChI is InChI=1S/C20H21N5O3/c26-17(14-23-12-5-4-8-18(23)27)21-11-13-24-20(28)25(16-6-2-1-3-7-16)19(22-24)15-9-10-15/h1-8,12,15H,9-11,13-14H2,(H,21,26). The summed E-state index contributed by atoms with van der Waals surface area (Å²) in [5, 5.41) is 7.24. The van der Waals surface area contributed by atoms with Crippen molar-refractivity contribution in [1.29, 1.82) is 0 Å². The Hall–Kier alpha value is -3.42. The molecule has 3 aromatic rings. The number of amides is 1. The Labute approximate surface area is 161 Å². The Morgan fingerprint density at radius 1 is 1.07 bits per heavy atom. The highest BCUT2D eigenvalue weighted by atomic mass is 16.2. The van der Waals surface area contributed by atoms with Gasteiger partial charge in [0.2, 0.25) is 5.91 Å². The van der Waals surface area contributed by atoms with Crippen LogP contribution in [0.15, 0.2) is 64.3 Å². The lowest BCUT2D eigenvalue weighted by molar-refractivity contribution is -0.121. The smallest absolute Gasteiger partial charge is 0.350 e. The van der Waals surface area contributed by atoms with Crippen LogP contribution >= 0.6 is 0 Å². The molecule has 0 unspecified atom stereocenters. The minimum atomic E-state index is -0.286. The molecule has 4 rings (SSSR count). The molecule has 1 aromatic carbocycles. The van der Waals surface area contributed by atoms with Crippen LogP contribution in [0.2, 0.25) is 0 Å². The number of aromatic nitrogens is 4. The third kappa shape index (κ3) is 3.80. The molecule has 1 aliphatic carbocycles. The number of para-hydroxylation sites is 1. The topological polar surface area (TPSA) is 90.9 Å². The Morgan fingerprint density at radius 2 is 1.82 bits per heavy atom. The molecule has 0 bridgehead atoms. The number of pyridine rings is 1. The van der Waals surface area contributed by atoms with E-state index in [1.807, 2.05) is 30.3 Å². The monoisotopic (exact) mass is 379 g/mol. The van der Waals surface area contributed by atoms with Gasteiger partial charge < -0.3 is 9.88 Å². The van der Waals surface area contributed by atoms with Crippen molar-refractivity contribution in [3.8, 4) is 5.69 Å². The number of nitrogens with zero attached hydrogens (tertiary/aromatic N) is 4. The van der Waals surface area contributed by atoms with Crippen molar-refractivity contribution >= 4 is 5.91 Å². The van der Waals surface area contributed by atoms with Gasteiger partial charge in [-0.15, -0.1) is 0 Å². The zero-order chi connectivity index (χ0) is 19.5. The Bertz CT molecular complexity index is 1090. The van der Waals surface area contributed by atoms with Crippen molar-refractivity contribution in [2.45, 2.75) is 31.8 Å². The van der Waals surface area contributed by atoms with Crippen LogP contribution in [-0.2, 0) is 17.9 Å². The molecular formula is C20H21N5O3. The molecule has 0 spiro atoms. The maximum atomic E-state index is 12.8. The summed E-state index contributed by atoms with van der Waals surface area (Å²) in [6.45, 7) is 0.477. The molecule has 1 amide bonds. The third-order valence-electron chi connectivity index (χ3n) is 4.68. The molecule has 0 atom stereocenters. The van der Waals surface area contributed by atoms with Crippen molar-refractivity contribution in [3.63, 3.8) is 0 Å². The highest BCUT2D eigenvalue weighted by molar-refractivity contribution is 5.75. The molecule has 2 heterocycles. The van der Waals surface area contributed by atoms with Gasteiger partial charge in [-0.1, -0.05) is 24.3 Å². The molecule has 28 heavy (non-hydrogen) atoms. The van der Waals surface area contributed by atoms with Crippen LogP contribution in [0.3, 0.4) is 0 Å². The summed E-state index contributed by atoms with van der Waals surface area (Å²) in [5.74, 6) is 0.804. The lowest BCUT2D eigenvalue weighted by atomic mass is 10.3. The van der Waals surface area contributed by atoms with Gasteiger partial charge in [0.1, 0.15) is 12.4 Å². The molecule has 8 heteroatoms. The molecule has 1 N–H and O–H groups in total. The van der Waals surface area contributed by atoms with E-state index in [1.165, 1.54) is 15.3 Å². The van der Waals surface area contributed by atoms with E-state index in [4.69, 9.17) is 0 Å². The molecule has 1 fully saturated rings. The largest absolute Gasteiger partial charge is 0.353 e. The zero-order valence-electron chi connectivity index (χ0n) is 15.3. The van der Waals surface area contributed by atoms with Gasteiger partial charge in [0.05, 0.1) is 12.2 Å². The molecule has 1 saturated carbocycles. The van der Waals surface area contributed by atoms with Gasteiger partial charge in [-0.2, -0.15) is 5.10 Å². The molecule has 144 valence electrons. The quantitative estimate of drug-likeness (QED) is 0.660. The number of nitrogens with one attached hydrogen (secondary N) is 1. The lowest BCUT2D eigenvalue weighted by Gasteiger charge is -2.06. The Balaban J connectivity index is 1.44. The second-order valence-corrected chi connectivity index (χ2v) is 6.83. The van der Waals surface area contributed by atoms with E-state index in [0.29, 0.717) is 5.92 Å². The minimum Gasteiger partial charge on any atom is -0.353 e. The van der Waals surface area contributed by atoms with E-state index in [-0.39, 0.29) is 36.8 Å². The van der Waals surface area contributed by atoms with Crippen LogP contribution in [0.1, 0.15) is 24.6 Å². The Morgan fingerprint density at radius 3 is 2.54 bits per heavy atom. The predicted octanol–water partition coefficient (Wildman–Crippen LogP) is 0.889. The van der Waals surface area contributed by atoms with Crippen LogP contribution in [-0.4, -0.2) is 31.4 Å². The van der Waals surface area contributed by atoms with Crippen molar-refractivity contribution < 1.29 is 4.79 Å². The number of carbonyl (C=O) groups is 1. The van der Waals surface area contributed by atoms with E-state index < -0.39 is 0 Å². The van der Waals surface area contributed by atoms with Crippen LogP contribution in [0.25, 0.3) is 5.69 Å². The summed E-state index contributed by atoms with van der Waals surface area (Å²) >= 11 is 0. The fourth-order valence-electron chi connectivity index (χ4n) is 3.10. The van der Waals surface area contributed by atoms with Crippen molar-refractivity contribution in [3.05, 3.63) is 81.4 Å². The van der Waals surface area contributed by atoms with Gasteiger partial charge in [0.15, 0.2) is 0 Å². The predicted molar refractivity (Wildman–Crippen MR) is 104 cm³/mol. The first-order valence-electron chi connectivity index (χ1n) is 9.31. The number of hydrogen-bond donors (Lipinski definition) is 1. The second-order valence-electron chi connectivity index (χ2n) is 6.83. The van der Waals surface area contributed by atoms with Gasteiger partial charge in [0, 0.05) is 24.7 Å². The highest BCUT2D eigenvalue weighted by Crippen LogP contribution is 2.39. The van der Waals surface area contributed by atoms with Crippen LogP contribution < -0.4 is 16.6 Å². The minimum absolute atomic E-state index is 0.0552. The zero-order valence-corrected chi connectivity index (χ0v) is 15.3. The maximum Gasteiger partial charge on any atom is 0.350 e. The number of benzene rings is 1. The van der Waals surface area contributed by atoms with Gasteiger partial charge in [-0.25, -0.2) is 14.0 Å². The van der Waals surface area contributed by atoms with Crippen molar-refractivity contribution in [2.24, 2.45) is 0 Å². The SMILES string of the molecule is O=C(Cn1ccccc1=O)NCCn1nc(C2CC2)n(-c2ccccc2)c1=O. The van der Waals surface area contributed by atoms with E-state index in [0.717, 1.165) is 24.4 Å². The molecule has 0 radical (unpaired) electrons. The summed E-state index contributed by atoms with van der Waals surface area (Å²) in [5.41, 5.74) is 0.360. The molecular weight excluding hydrogens is 358 g/mol. The van der Waals surface area contributed by atoms with Gasteiger partial charge in [-0.3, -0.25) is 9.59 Å². The second kappa shape index (κ2) is 7.67. The first-order chi connectivity index (χ1) is 13.6. The highest BCUT2D eigenvalue weighted by Gasteiger charge is 2.31. The fraction of sp³-hybridized carbons (Fsp3) is 0.300. The fourth-order valence-corrected chi connectivity index (χ4v) is 3.10. The van der Waals surface area contributed by atoms with E-state index in [1.54, 1.807) is 22.9 Å². The number of rotatable bonds is 7. The third-order valence-corrected chi connectivity index (χ3v) is 4.68. The first-order valence-corrected chi connectivity index (χ1v) is 9.31. The van der Waals surface area contributed by atoms with Crippen molar-refractivity contribution in [2.75, 3.05) is 6.54 Å². The van der Waals surface area contributed by atoms with Gasteiger partial charge in [-0.05, 0) is 31.0 Å². The summed E-state index contributed by atoms with van der Waals surface area (Å²) < 4.78 is 4.38. The van der Waals surface area contributed by atoms with E-state index >= 15 is 0 Å². The van der Waals surface area contributed by atoms with Crippen molar-refractivity contribution in [1.82, 2.24) is 24.2 Å². The van der Waals surface area contributed by atoms with Crippen LogP contribution in [0.5, 0.6) is 0 Å². The van der Waals surface area contributed by atoms with E-state index in [2.05, 4.69) is 10.4 Å². The van der Waals surface area contributed by atoms with Crippen LogP contribution in [0, 0.1) is 0 Å². The maximum absolute atomic E-state index is 12.8. The van der Waals surface area contributed by atoms with Gasteiger partial charge >= 0.3 is 5.69 Å². The molecule has 1 aliphatic rings. The molecule has 0 aliphatic heterocycles. The molecule has 0 saturated heterocycles. The average molecular weight is 379 g/mol. The van der Waals surface area contributed by atoms with Gasteiger partial charge in [0.25, 0.3) is 5.56 Å². The number of carbonyl (C=O) groups excluding carboxylic acids is 1. The summed E-state index contributed by atoms with van der Waals surface area (Å²) in [7, 11) is 0. The number of hydrogen-bond acceptors (Lipinski definition) is 4. The summed E-state index contributed by atoms with van der Waals surface area (Å²) in [6.07, 6.45) is 3.63. The molecule has 2 aromatic heterocycles.